The van der Waals surface area contributed by atoms with Crippen molar-refractivity contribution in [3.05, 3.63) is 28.3 Å². The van der Waals surface area contributed by atoms with E-state index in [0.29, 0.717) is 6.54 Å². The minimum absolute atomic E-state index is 0.223. The first kappa shape index (κ1) is 13.3. The summed E-state index contributed by atoms with van der Waals surface area (Å²) in [6.07, 6.45) is 9.74. The summed E-state index contributed by atoms with van der Waals surface area (Å²) >= 11 is 0. The van der Waals surface area contributed by atoms with Crippen molar-refractivity contribution in [3.63, 3.8) is 0 Å². The molecule has 0 saturated carbocycles. The Bertz CT molecular complexity index is 541. The van der Waals surface area contributed by atoms with E-state index in [1.807, 2.05) is 0 Å². The molecule has 1 saturated heterocycles. The molecule has 0 spiro atoms. The maximum absolute atomic E-state index is 12.4. The van der Waals surface area contributed by atoms with E-state index in [0.717, 1.165) is 12.8 Å². The summed E-state index contributed by atoms with van der Waals surface area (Å²) in [5.41, 5.74) is 7.10. The monoisotopic (exact) mass is 285 g/mol. The number of hydrogen-bond acceptors (Lipinski definition) is 1. The minimum atomic E-state index is 0.223. The molecule has 1 amide bonds. The molecular weight excluding hydrogens is 260 g/mol. The van der Waals surface area contributed by atoms with Gasteiger partial charge in [0.1, 0.15) is 0 Å². The summed E-state index contributed by atoms with van der Waals surface area (Å²) in [4.78, 5) is 13.9. The van der Waals surface area contributed by atoms with Crippen molar-refractivity contribution >= 4 is 11.6 Å². The molecule has 3 aliphatic rings. The number of benzene rings is 1. The van der Waals surface area contributed by atoms with Crippen LogP contribution in [0.15, 0.2) is 6.07 Å². The Kier molecular flexibility index (Phi) is 3.46. The van der Waals surface area contributed by atoms with Crippen LogP contribution in [-0.2, 0) is 30.5 Å². The van der Waals surface area contributed by atoms with Gasteiger partial charge in [-0.25, -0.2) is 0 Å². The number of likely N-dealkylation sites (tertiary alicyclic amines) is 1. The fourth-order valence-corrected chi connectivity index (χ4v) is 4.43. The zero-order chi connectivity index (χ0) is 14.2. The molecule has 0 unspecified atom stereocenters. The summed E-state index contributed by atoms with van der Waals surface area (Å²) < 4.78 is 0. The van der Waals surface area contributed by atoms with E-state index in [-0.39, 0.29) is 5.91 Å². The zero-order valence-corrected chi connectivity index (χ0v) is 12.8. The highest BCUT2D eigenvalue weighted by Gasteiger charge is 2.26. The van der Waals surface area contributed by atoms with E-state index in [4.69, 9.17) is 0 Å². The van der Waals surface area contributed by atoms with Crippen molar-refractivity contribution in [3.8, 4) is 0 Å². The van der Waals surface area contributed by atoms with Crippen molar-refractivity contribution in [2.75, 3.05) is 25.0 Å². The smallest absolute Gasteiger partial charge is 0.279 e. The lowest BCUT2D eigenvalue weighted by Crippen LogP contribution is -3.11. The topological polar surface area (TPSA) is 33.5 Å². The van der Waals surface area contributed by atoms with Crippen LogP contribution in [0.3, 0.4) is 0 Å². The average molecular weight is 285 g/mol. The summed E-state index contributed by atoms with van der Waals surface area (Å²) in [6, 6.07) is 2.42. The molecule has 1 heterocycles. The van der Waals surface area contributed by atoms with Crippen LogP contribution >= 0.6 is 0 Å². The van der Waals surface area contributed by atoms with Crippen LogP contribution in [0.25, 0.3) is 0 Å². The van der Waals surface area contributed by atoms with Crippen LogP contribution in [0.5, 0.6) is 0 Å². The number of aryl methyl sites for hydroxylation is 2. The van der Waals surface area contributed by atoms with Crippen LogP contribution in [0.2, 0.25) is 0 Å². The molecule has 2 aliphatic carbocycles. The van der Waals surface area contributed by atoms with Crippen LogP contribution < -0.4 is 10.2 Å². The van der Waals surface area contributed by atoms with Crippen molar-refractivity contribution in [1.82, 2.24) is 0 Å². The third-order valence-electron chi connectivity index (χ3n) is 5.46. The molecule has 1 fully saturated rings. The first-order valence-corrected chi connectivity index (χ1v) is 8.61. The SMILES string of the molecule is O=C(C[NH+]1CCCC1)Nc1c2c(cc3c1CCC3)CCC2. The number of nitrogens with one attached hydrogen (secondary N) is 2. The molecule has 3 nitrogen and oxygen atoms in total. The Morgan fingerprint density at radius 1 is 0.952 bits per heavy atom. The lowest BCUT2D eigenvalue weighted by molar-refractivity contribution is -0.878. The molecule has 0 bridgehead atoms. The number of fused-ring (bicyclic) bond motifs is 2. The van der Waals surface area contributed by atoms with Gasteiger partial charge in [0.25, 0.3) is 5.91 Å². The highest BCUT2D eigenvalue weighted by molar-refractivity contribution is 5.94. The Balaban J connectivity index is 1.58. The molecule has 0 aromatic heterocycles. The Hall–Kier alpha value is -1.35. The molecule has 112 valence electrons. The Morgan fingerprint density at radius 3 is 2.19 bits per heavy atom. The standard InChI is InChI=1S/C18H24N2O/c21-17(12-20-9-1-2-10-20)19-18-15-7-3-5-13(15)11-14-6-4-8-16(14)18/h11H,1-10,12H2,(H,19,21)/p+1. The number of hydrogen-bond donors (Lipinski definition) is 2. The largest absolute Gasteiger partial charge is 0.327 e. The number of carbonyl (C=O) groups is 1. The van der Waals surface area contributed by atoms with Gasteiger partial charge in [-0.2, -0.15) is 0 Å². The van der Waals surface area contributed by atoms with Gasteiger partial charge in [0.05, 0.1) is 13.1 Å². The van der Waals surface area contributed by atoms with E-state index >= 15 is 0 Å². The second-order valence-corrected chi connectivity index (χ2v) is 6.92. The van der Waals surface area contributed by atoms with Gasteiger partial charge in [-0.15, -0.1) is 0 Å². The Morgan fingerprint density at radius 2 is 1.57 bits per heavy atom. The van der Waals surface area contributed by atoms with Crippen LogP contribution in [0, 0.1) is 0 Å². The molecule has 1 aliphatic heterocycles. The predicted octanol–water partition coefficient (Wildman–Crippen LogP) is 1.28. The number of rotatable bonds is 3. The highest BCUT2D eigenvalue weighted by atomic mass is 16.2. The minimum Gasteiger partial charge on any atom is -0.327 e. The molecule has 2 N–H and O–H groups in total. The number of quaternary nitrogens is 1. The van der Waals surface area contributed by atoms with Gasteiger partial charge in [0.2, 0.25) is 0 Å². The van der Waals surface area contributed by atoms with Gasteiger partial charge in [0, 0.05) is 18.5 Å². The summed E-state index contributed by atoms with van der Waals surface area (Å²) in [5.74, 6) is 0.223. The lowest BCUT2D eigenvalue weighted by atomic mass is 9.98. The highest BCUT2D eigenvalue weighted by Crippen LogP contribution is 2.38. The fourth-order valence-electron chi connectivity index (χ4n) is 4.43. The van der Waals surface area contributed by atoms with E-state index in [9.17, 15) is 4.79 Å². The predicted molar refractivity (Wildman–Crippen MR) is 83.9 cm³/mol. The molecule has 4 rings (SSSR count). The fraction of sp³-hybridized carbons (Fsp3) is 0.611. The molecule has 0 atom stereocenters. The maximum Gasteiger partial charge on any atom is 0.279 e. The molecule has 1 aromatic rings. The van der Waals surface area contributed by atoms with Gasteiger partial charge >= 0.3 is 0 Å². The quantitative estimate of drug-likeness (QED) is 0.862. The molecule has 3 heteroatoms. The summed E-state index contributed by atoms with van der Waals surface area (Å²) in [5, 5.41) is 3.31. The van der Waals surface area contributed by atoms with Crippen LogP contribution in [-0.4, -0.2) is 25.5 Å². The van der Waals surface area contributed by atoms with Crippen molar-refractivity contribution < 1.29 is 9.69 Å². The van der Waals surface area contributed by atoms with Crippen molar-refractivity contribution in [1.29, 1.82) is 0 Å². The van der Waals surface area contributed by atoms with E-state index in [1.54, 1.807) is 0 Å². The summed E-state index contributed by atoms with van der Waals surface area (Å²) in [7, 11) is 0. The van der Waals surface area contributed by atoms with Crippen molar-refractivity contribution in [2.45, 2.75) is 51.4 Å². The van der Waals surface area contributed by atoms with Gasteiger partial charge in [-0.1, -0.05) is 6.07 Å². The van der Waals surface area contributed by atoms with Crippen molar-refractivity contribution in [2.24, 2.45) is 0 Å². The van der Waals surface area contributed by atoms with Gasteiger partial charge in [-0.3, -0.25) is 4.79 Å². The van der Waals surface area contributed by atoms with Gasteiger partial charge < -0.3 is 10.2 Å². The average Bonchev–Trinajstić information content (AvgIpc) is 3.17. The Labute approximate surface area is 126 Å². The first-order chi connectivity index (χ1) is 10.3. The van der Waals surface area contributed by atoms with E-state index in [2.05, 4.69) is 11.4 Å². The first-order valence-electron chi connectivity index (χ1n) is 8.61. The normalized spacial score (nSPS) is 20.6. The number of carbonyl (C=O) groups excluding carboxylic acids is 1. The third-order valence-corrected chi connectivity index (χ3v) is 5.46. The van der Waals surface area contributed by atoms with Crippen LogP contribution in [0.4, 0.5) is 5.69 Å². The maximum atomic E-state index is 12.4. The summed E-state index contributed by atoms with van der Waals surface area (Å²) in [6.45, 7) is 2.98. The van der Waals surface area contributed by atoms with Crippen LogP contribution in [0.1, 0.15) is 47.9 Å². The number of anilines is 1. The zero-order valence-electron chi connectivity index (χ0n) is 12.8. The third kappa shape index (κ3) is 2.48. The lowest BCUT2D eigenvalue weighted by Gasteiger charge is -2.17. The second-order valence-electron chi connectivity index (χ2n) is 6.92. The van der Waals surface area contributed by atoms with E-state index in [1.165, 1.54) is 84.5 Å². The number of amides is 1. The molecular formula is C18H25N2O+. The van der Waals surface area contributed by atoms with Gasteiger partial charge in [-0.05, 0) is 60.8 Å². The molecule has 21 heavy (non-hydrogen) atoms. The van der Waals surface area contributed by atoms with E-state index < -0.39 is 0 Å². The molecule has 0 radical (unpaired) electrons. The van der Waals surface area contributed by atoms with Gasteiger partial charge in [0.15, 0.2) is 6.54 Å². The second kappa shape index (κ2) is 5.45. The molecule has 1 aromatic carbocycles.